The molecule has 2 aliphatic heterocycles. The number of nitriles is 1. The third-order valence-electron chi connectivity index (χ3n) is 7.00. The van der Waals surface area contributed by atoms with Crippen LogP contribution in [0.5, 0.6) is 0 Å². The van der Waals surface area contributed by atoms with Crippen LogP contribution in [0.4, 0.5) is 13.2 Å². The van der Waals surface area contributed by atoms with Crippen molar-refractivity contribution in [2.45, 2.75) is 71.5 Å². The van der Waals surface area contributed by atoms with Gasteiger partial charge in [0.15, 0.2) is 0 Å². The van der Waals surface area contributed by atoms with Gasteiger partial charge in [0, 0.05) is 31.3 Å². The Hall–Kier alpha value is -2.84. The third-order valence-corrected chi connectivity index (χ3v) is 7.00. The van der Waals surface area contributed by atoms with Crippen molar-refractivity contribution in [1.82, 2.24) is 20.9 Å². The molecule has 0 aromatic rings. The van der Waals surface area contributed by atoms with Crippen LogP contribution < -0.4 is 16.0 Å². The minimum absolute atomic E-state index is 0.241. The first-order chi connectivity index (χ1) is 20.1. The SMILES string of the molecule is [2H]C([2H])([2H])C(C(NC(=O)C(F)(F)F)C(=O)N1C[C@H]2[C@@H]([C@H]1C(=O)N[C@]([2H])(C#N)C[C@@H]1CCNC1=O)C2(C)C)(C([2H])([2H])[2H])C([2H])([2H])[2H]. The van der Waals surface area contributed by atoms with Gasteiger partial charge in [0.1, 0.15) is 18.1 Å². The van der Waals surface area contributed by atoms with E-state index in [-0.39, 0.29) is 13.0 Å². The number of halogens is 3. The van der Waals surface area contributed by atoms with E-state index in [9.17, 15) is 37.6 Å². The number of carbonyl (C=O) groups is 4. The lowest BCUT2D eigenvalue weighted by Gasteiger charge is -2.37. The van der Waals surface area contributed by atoms with Gasteiger partial charge in [-0.2, -0.15) is 18.4 Å². The molecule has 12 heteroatoms. The number of likely N-dealkylation sites (tertiary alicyclic amines) is 1. The molecule has 4 amide bonds. The summed E-state index contributed by atoms with van der Waals surface area (Å²) in [5.41, 5.74) is -5.02. The Morgan fingerprint density at radius 3 is 2.49 bits per heavy atom. The van der Waals surface area contributed by atoms with Gasteiger partial charge in [-0.3, -0.25) is 19.2 Å². The Balaban J connectivity index is 2.14. The zero-order valence-corrected chi connectivity index (χ0v) is 18.9. The summed E-state index contributed by atoms with van der Waals surface area (Å²) in [4.78, 5) is 52.4. The molecule has 3 rings (SSSR count). The van der Waals surface area contributed by atoms with Gasteiger partial charge < -0.3 is 20.9 Å². The lowest BCUT2D eigenvalue weighted by atomic mass is 9.85. The number of rotatable bonds is 6. The van der Waals surface area contributed by atoms with Gasteiger partial charge in [-0.25, -0.2) is 0 Å². The van der Waals surface area contributed by atoms with E-state index >= 15 is 0 Å². The monoisotopic (exact) mass is 509 g/mol. The number of amides is 4. The van der Waals surface area contributed by atoms with Crippen molar-refractivity contribution in [3.05, 3.63) is 0 Å². The van der Waals surface area contributed by atoms with Gasteiger partial charge in [-0.1, -0.05) is 34.4 Å². The molecule has 9 nitrogen and oxygen atoms in total. The fourth-order valence-corrected chi connectivity index (χ4v) is 4.98. The van der Waals surface area contributed by atoms with E-state index in [4.69, 9.17) is 13.7 Å². The molecule has 1 saturated carbocycles. The number of carbonyl (C=O) groups excluding carboxylic acids is 4. The summed E-state index contributed by atoms with van der Waals surface area (Å²) in [5, 5.41) is 15.4. The maximum atomic E-state index is 14.1. The van der Waals surface area contributed by atoms with Gasteiger partial charge in [0.2, 0.25) is 17.7 Å². The Labute approximate surface area is 216 Å². The van der Waals surface area contributed by atoms with Crippen LogP contribution in [0, 0.1) is 39.9 Å². The molecular weight excluding hydrogens is 467 g/mol. The minimum Gasteiger partial charge on any atom is -0.356 e. The third kappa shape index (κ3) is 5.23. The topological polar surface area (TPSA) is 131 Å². The number of nitrogens with zero attached hydrogens (tertiary/aromatic N) is 2. The summed E-state index contributed by atoms with van der Waals surface area (Å²) in [7, 11) is 0. The lowest BCUT2D eigenvalue weighted by Crippen LogP contribution is -2.61. The first-order valence-corrected chi connectivity index (χ1v) is 10.8. The molecule has 0 aromatic heterocycles. The van der Waals surface area contributed by atoms with Crippen LogP contribution in [0.25, 0.3) is 0 Å². The van der Waals surface area contributed by atoms with Gasteiger partial charge in [-0.05, 0) is 35.5 Å². The molecule has 35 heavy (non-hydrogen) atoms. The molecule has 2 saturated heterocycles. The molecule has 1 unspecified atom stereocenters. The zero-order chi connectivity index (χ0) is 34.9. The van der Waals surface area contributed by atoms with Crippen molar-refractivity contribution in [3.63, 3.8) is 0 Å². The van der Waals surface area contributed by atoms with E-state index in [1.54, 1.807) is 19.9 Å². The largest absolute Gasteiger partial charge is 0.471 e. The number of fused-ring (bicyclic) bond motifs is 1. The maximum Gasteiger partial charge on any atom is 0.471 e. The highest BCUT2D eigenvalue weighted by atomic mass is 19.4. The van der Waals surface area contributed by atoms with Crippen LogP contribution in [-0.2, 0) is 19.2 Å². The molecule has 0 spiro atoms. The van der Waals surface area contributed by atoms with Crippen LogP contribution in [0.3, 0.4) is 0 Å². The molecule has 0 bridgehead atoms. The average Bonchev–Trinajstić information content (AvgIpc) is 3.19. The first kappa shape index (κ1) is 16.0. The summed E-state index contributed by atoms with van der Waals surface area (Å²) in [5.74, 6) is -8.81. The molecule has 3 aliphatic rings. The van der Waals surface area contributed by atoms with Gasteiger partial charge in [0.25, 0.3) is 0 Å². The van der Waals surface area contributed by atoms with Gasteiger partial charge in [-0.15, -0.1) is 0 Å². The standard InChI is InChI=1S/C23H32F3N5O4/c1-21(2,3)16(30-20(35)23(24,25)26)19(34)31-10-13-14(22(13,4)5)15(31)18(33)29-12(9-27)8-11-6-7-28-17(11)32/h11-16H,6-8,10H2,1-5H3,(H,28,32)(H,29,33)(H,30,35)/t11-,12-,13-,14-,15-,16?/m0/s1/i1D3,2D3,3D3,12D. The quantitative estimate of drug-likeness (QED) is 0.493. The average molecular weight is 510 g/mol. The van der Waals surface area contributed by atoms with Crippen LogP contribution in [-0.4, -0.2) is 65.9 Å². The van der Waals surface area contributed by atoms with Crippen LogP contribution >= 0.6 is 0 Å². The van der Waals surface area contributed by atoms with E-state index in [1.807, 2.05) is 0 Å². The van der Waals surface area contributed by atoms with Crippen LogP contribution in [0.15, 0.2) is 0 Å². The lowest BCUT2D eigenvalue weighted by molar-refractivity contribution is -0.176. The predicted octanol–water partition coefficient (Wildman–Crippen LogP) is 1.10. The summed E-state index contributed by atoms with van der Waals surface area (Å²) < 4.78 is 120. The second-order valence-corrected chi connectivity index (χ2v) is 9.66. The number of nitrogens with one attached hydrogen (secondary N) is 3. The van der Waals surface area contributed by atoms with Crippen molar-refractivity contribution in [3.8, 4) is 6.07 Å². The van der Waals surface area contributed by atoms with Crippen LogP contribution in [0.1, 0.15) is 61.0 Å². The molecule has 6 atom stereocenters. The Morgan fingerprint density at radius 2 is 1.97 bits per heavy atom. The molecular formula is C23H32F3N5O4. The Bertz CT molecular complexity index is 1260. The number of hydrogen-bond donors (Lipinski definition) is 3. The van der Waals surface area contributed by atoms with Crippen molar-refractivity contribution < 1.29 is 46.1 Å². The summed E-state index contributed by atoms with van der Waals surface area (Å²) in [6, 6.07) is -6.01. The van der Waals surface area contributed by atoms with Crippen LogP contribution in [0.2, 0.25) is 0 Å². The molecule has 1 aliphatic carbocycles. The number of piperidine rings is 1. The van der Waals surface area contributed by atoms with Crippen molar-refractivity contribution >= 4 is 23.6 Å². The van der Waals surface area contributed by atoms with E-state index in [2.05, 4.69) is 10.6 Å². The highest BCUT2D eigenvalue weighted by Gasteiger charge is 2.70. The van der Waals surface area contributed by atoms with Gasteiger partial charge in [0.05, 0.1) is 7.44 Å². The number of alkyl halides is 3. The summed E-state index contributed by atoms with van der Waals surface area (Å²) in [6.45, 7) is -9.58. The van der Waals surface area contributed by atoms with Crippen molar-refractivity contribution in [2.75, 3.05) is 13.1 Å². The molecule has 3 fully saturated rings. The Morgan fingerprint density at radius 1 is 1.31 bits per heavy atom. The molecule has 3 N–H and O–H groups in total. The normalized spacial score (nSPS) is 35.1. The smallest absolute Gasteiger partial charge is 0.356 e. The molecule has 0 aromatic carbocycles. The minimum atomic E-state index is -5.82. The highest BCUT2D eigenvalue weighted by Crippen LogP contribution is 2.65. The van der Waals surface area contributed by atoms with Crippen molar-refractivity contribution in [1.29, 1.82) is 5.26 Å². The molecule has 194 valence electrons. The zero-order valence-electron chi connectivity index (χ0n) is 28.9. The number of hydrogen-bond acceptors (Lipinski definition) is 5. The maximum absolute atomic E-state index is 14.1. The van der Waals surface area contributed by atoms with E-state index in [1.165, 1.54) is 0 Å². The van der Waals surface area contributed by atoms with E-state index < -0.39 is 110 Å². The second-order valence-electron chi connectivity index (χ2n) is 9.66. The highest BCUT2D eigenvalue weighted by molar-refractivity contribution is 5.95. The summed E-state index contributed by atoms with van der Waals surface area (Å²) in [6.07, 6.45) is -6.06. The van der Waals surface area contributed by atoms with E-state index in [0.29, 0.717) is 4.90 Å². The Kier molecular flexibility index (Phi) is 4.11. The molecule has 0 radical (unpaired) electrons. The van der Waals surface area contributed by atoms with Gasteiger partial charge >= 0.3 is 12.1 Å². The fourth-order valence-electron chi connectivity index (χ4n) is 4.98. The predicted molar refractivity (Wildman–Crippen MR) is 117 cm³/mol. The molecule has 2 heterocycles. The van der Waals surface area contributed by atoms with Crippen molar-refractivity contribution in [2.24, 2.45) is 28.6 Å². The first-order valence-electron chi connectivity index (χ1n) is 15.8. The fraction of sp³-hybridized carbons (Fsp3) is 0.783. The second kappa shape index (κ2) is 8.99. The van der Waals surface area contributed by atoms with E-state index in [0.717, 1.165) is 5.32 Å². The summed E-state index contributed by atoms with van der Waals surface area (Å²) >= 11 is 0.